The van der Waals surface area contributed by atoms with E-state index < -0.39 is 0 Å². The van der Waals surface area contributed by atoms with Gasteiger partial charge >= 0.3 is 0 Å². The van der Waals surface area contributed by atoms with E-state index in [9.17, 15) is 4.39 Å². The molecule has 1 nitrogen and oxygen atoms in total. The van der Waals surface area contributed by atoms with Gasteiger partial charge in [-0.3, -0.25) is 0 Å². The number of alkyl halides is 1. The van der Waals surface area contributed by atoms with Crippen molar-refractivity contribution in [2.45, 2.75) is 25.3 Å². The molecule has 1 aromatic heterocycles. The Hall–Kier alpha value is -1.06. The van der Waals surface area contributed by atoms with E-state index in [4.69, 9.17) is 11.6 Å². The van der Waals surface area contributed by atoms with Crippen molar-refractivity contribution < 1.29 is 4.39 Å². The zero-order valence-corrected chi connectivity index (χ0v) is 12.6. The maximum atomic E-state index is 13.5. The van der Waals surface area contributed by atoms with Gasteiger partial charge in [-0.1, -0.05) is 6.07 Å². The molecule has 0 aliphatic heterocycles. The maximum absolute atomic E-state index is 13.5. The number of anilines is 1. The molecule has 2 aromatic rings. The van der Waals surface area contributed by atoms with Crippen molar-refractivity contribution in [3.63, 3.8) is 0 Å². The lowest BCUT2D eigenvalue weighted by Crippen LogP contribution is -2.30. The van der Waals surface area contributed by atoms with Crippen LogP contribution in [-0.4, -0.2) is 13.1 Å². The van der Waals surface area contributed by atoms with E-state index in [1.165, 1.54) is 10.9 Å². The number of nitrogens with zero attached hydrogens (tertiary/aromatic N) is 1. The van der Waals surface area contributed by atoms with Crippen molar-refractivity contribution in [1.29, 1.82) is 0 Å². The first-order valence-electron chi connectivity index (χ1n) is 6.21. The van der Waals surface area contributed by atoms with Crippen LogP contribution in [0, 0.1) is 5.82 Å². The van der Waals surface area contributed by atoms with Crippen LogP contribution in [0.3, 0.4) is 0 Å². The fraction of sp³-hybridized carbons (Fsp3) is 0.333. The summed E-state index contributed by atoms with van der Waals surface area (Å²) in [6.07, 6.45) is 0.959. The maximum Gasteiger partial charge on any atom is 0.125 e. The number of halogens is 2. The highest BCUT2D eigenvalue weighted by Gasteiger charge is 2.13. The molecule has 1 aromatic carbocycles. The molecule has 0 aliphatic rings. The van der Waals surface area contributed by atoms with E-state index in [1.807, 2.05) is 13.1 Å². The van der Waals surface area contributed by atoms with Crippen molar-refractivity contribution in [3.8, 4) is 0 Å². The molecule has 0 amide bonds. The molecule has 1 unspecified atom stereocenters. The van der Waals surface area contributed by atoms with Crippen LogP contribution in [0.25, 0.3) is 0 Å². The first-order chi connectivity index (χ1) is 9.10. The summed E-state index contributed by atoms with van der Waals surface area (Å²) in [6.45, 7) is 2.14. The van der Waals surface area contributed by atoms with Crippen LogP contribution in [0.2, 0.25) is 0 Å². The van der Waals surface area contributed by atoms with Crippen LogP contribution in [0.1, 0.15) is 17.4 Å². The molecule has 102 valence electrons. The largest absolute Gasteiger partial charge is 0.371 e. The molecule has 0 aliphatic carbocycles. The van der Waals surface area contributed by atoms with E-state index in [0.717, 1.165) is 17.7 Å². The SMILES string of the molecule is CC(Cc1cccs1)N(C)c1cc(F)cc(CCl)c1. The van der Waals surface area contributed by atoms with E-state index in [1.54, 1.807) is 17.4 Å². The predicted molar refractivity (Wildman–Crippen MR) is 81.8 cm³/mol. The second-order valence-corrected chi connectivity index (χ2v) is 5.99. The summed E-state index contributed by atoms with van der Waals surface area (Å²) in [7, 11) is 1.99. The Morgan fingerprint density at radius 2 is 2.16 bits per heavy atom. The zero-order valence-electron chi connectivity index (χ0n) is 11.1. The summed E-state index contributed by atoms with van der Waals surface area (Å²) >= 11 is 7.54. The summed E-state index contributed by atoms with van der Waals surface area (Å²) in [5.74, 6) is 0.0982. The normalized spacial score (nSPS) is 12.4. The molecule has 4 heteroatoms. The van der Waals surface area contributed by atoms with Crippen LogP contribution in [0.5, 0.6) is 0 Å². The third-order valence-electron chi connectivity index (χ3n) is 3.24. The minimum Gasteiger partial charge on any atom is -0.371 e. The zero-order chi connectivity index (χ0) is 13.8. The smallest absolute Gasteiger partial charge is 0.125 e. The van der Waals surface area contributed by atoms with Gasteiger partial charge in [-0.15, -0.1) is 22.9 Å². The lowest BCUT2D eigenvalue weighted by molar-refractivity contribution is 0.622. The second-order valence-electron chi connectivity index (χ2n) is 4.69. The van der Waals surface area contributed by atoms with E-state index in [0.29, 0.717) is 11.9 Å². The molecular formula is C15H17ClFNS. The minimum absolute atomic E-state index is 0.233. The van der Waals surface area contributed by atoms with Crippen molar-refractivity contribution in [2.24, 2.45) is 0 Å². The van der Waals surface area contributed by atoms with Gasteiger partial charge in [0.2, 0.25) is 0 Å². The number of likely N-dealkylation sites (N-methyl/N-ethyl adjacent to an activating group) is 1. The Bertz CT molecular complexity index is 527. The highest BCUT2D eigenvalue weighted by Crippen LogP contribution is 2.22. The van der Waals surface area contributed by atoms with Crippen molar-refractivity contribution in [3.05, 3.63) is 52.0 Å². The average Bonchev–Trinajstić information content (AvgIpc) is 2.89. The fourth-order valence-electron chi connectivity index (χ4n) is 2.03. The molecule has 2 rings (SSSR count). The summed E-state index contributed by atoms with van der Waals surface area (Å²) in [5, 5.41) is 2.08. The second kappa shape index (κ2) is 6.40. The van der Waals surface area contributed by atoms with Crippen molar-refractivity contribution in [1.82, 2.24) is 0 Å². The molecule has 0 saturated heterocycles. The number of hydrogen-bond donors (Lipinski definition) is 0. The van der Waals surface area contributed by atoms with Gasteiger partial charge in [0, 0.05) is 36.0 Å². The monoisotopic (exact) mass is 297 g/mol. The summed E-state index contributed by atoms with van der Waals surface area (Å²) in [6, 6.07) is 9.48. The fourth-order valence-corrected chi connectivity index (χ4v) is 3.01. The Morgan fingerprint density at radius 1 is 1.37 bits per heavy atom. The molecule has 0 N–H and O–H groups in total. The van der Waals surface area contributed by atoms with Gasteiger partial charge in [0.25, 0.3) is 0 Å². The number of thiophene rings is 1. The Labute approximate surface area is 122 Å². The van der Waals surface area contributed by atoms with E-state index in [2.05, 4.69) is 29.3 Å². The third-order valence-corrected chi connectivity index (χ3v) is 4.45. The highest BCUT2D eigenvalue weighted by molar-refractivity contribution is 7.09. The van der Waals surface area contributed by atoms with Crippen LogP contribution < -0.4 is 4.90 Å². The molecule has 0 bridgehead atoms. The molecule has 0 radical (unpaired) electrons. The minimum atomic E-state index is -0.233. The summed E-state index contributed by atoms with van der Waals surface area (Å²) in [4.78, 5) is 3.44. The van der Waals surface area contributed by atoms with E-state index >= 15 is 0 Å². The first-order valence-corrected chi connectivity index (χ1v) is 7.62. The number of benzene rings is 1. The Kier molecular flexibility index (Phi) is 4.83. The van der Waals surface area contributed by atoms with Gasteiger partial charge < -0.3 is 4.90 Å². The van der Waals surface area contributed by atoms with Crippen LogP contribution in [-0.2, 0) is 12.3 Å². The first kappa shape index (κ1) is 14.4. The van der Waals surface area contributed by atoms with Crippen molar-refractivity contribution in [2.75, 3.05) is 11.9 Å². The van der Waals surface area contributed by atoms with Crippen LogP contribution in [0.15, 0.2) is 35.7 Å². The van der Waals surface area contributed by atoms with Crippen LogP contribution in [0.4, 0.5) is 10.1 Å². The number of rotatable bonds is 5. The average molecular weight is 298 g/mol. The topological polar surface area (TPSA) is 3.24 Å². The molecule has 0 saturated carbocycles. The third kappa shape index (κ3) is 3.71. The van der Waals surface area contributed by atoms with Gasteiger partial charge in [-0.25, -0.2) is 4.39 Å². The standard InChI is InChI=1S/C15H17ClFNS/c1-11(6-15-4-3-5-19-15)18(2)14-8-12(10-16)7-13(17)9-14/h3-5,7-9,11H,6,10H2,1-2H3. The molecule has 0 fully saturated rings. The lowest BCUT2D eigenvalue weighted by Gasteiger charge is -2.27. The summed E-state index contributed by atoms with van der Waals surface area (Å²) < 4.78 is 13.5. The molecule has 19 heavy (non-hydrogen) atoms. The quantitative estimate of drug-likeness (QED) is 0.724. The van der Waals surface area contributed by atoms with Crippen molar-refractivity contribution >= 4 is 28.6 Å². The summed E-state index contributed by atoms with van der Waals surface area (Å²) in [5.41, 5.74) is 1.69. The van der Waals surface area contributed by atoms with Gasteiger partial charge in [0.05, 0.1) is 0 Å². The van der Waals surface area contributed by atoms with E-state index in [-0.39, 0.29) is 5.82 Å². The Balaban J connectivity index is 2.14. The van der Waals surface area contributed by atoms with Gasteiger partial charge in [-0.05, 0) is 42.1 Å². The van der Waals surface area contributed by atoms with Gasteiger partial charge in [-0.2, -0.15) is 0 Å². The lowest BCUT2D eigenvalue weighted by atomic mass is 10.1. The van der Waals surface area contributed by atoms with Gasteiger partial charge in [0.1, 0.15) is 5.82 Å². The predicted octanol–water partition coefficient (Wildman–Crippen LogP) is 4.69. The molecule has 1 heterocycles. The van der Waals surface area contributed by atoms with Crippen LogP contribution >= 0.6 is 22.9 Å². The Morgan fingerprint density at radius 3 is 2.79 bits per heavy atom. The highest BCUT2D eigenvalue weighted by atomic mass is 35.5. The van der Waals surface area contributed by atoms with Gasteiger partial charge in [0.15, 0.2) is 0 Å². The molecule has 1 atom stereocenters. The number of hydrogen-bond acceptors (Lipinski definition) is 2. The molecule has 0 spiro atoms. The molecular weight excluding hydrogens is 281 g/mol.